The SMILES string of the molecule is CC(=O)Nc1cccc(NC(=O)N/C=C/c2ccccc2Cl)c1. The van der Waals surface area contributed by atoms with Crippen LogP contribution in [0.5, 0.6) is 0 Å². The third-order valence-electron chi connectivity index (χ3n) is 2.82. The van der Waals surface area contributed by atoms with E-state index in [0.29, 0.717) is 16.4 Å². The first kappa shape index (κ1) is 16.6. The summed E-state index contributed by atoms with van der Waals surface area (Å²) >= 11 is 6.01. The maximum absolute atomic E-state index is 11.8. The molecule has 6 heteroatoms. The standard InChI is InChI=1S/C17H16ClN3O2/c1-12(22)20-14-6-4-7-15(11-14)21-17(23)19-10-9-13-5-2-3-8-16(13)18/h2-11H,1H3,(H,20,22)(H2,19,21,23)/b10-9+. The van der Waals surface area contributed by atoms with Crippen molar-refractivity contribution in [3.8, 4) is 0 Å². The Kier molecular flexibility index (Phi) is 5.77. The normalized spacial score (nSPS) is 10.3. The lowest BCUT2D eigenvalue weighted by atomic mass is 10.2. The van der Waals surface area contributed by atoms with Gasteiger partial charge in [0.15, 0.2) is 0 Å². The fraction of sp³-hybridized carbons (Fsp3) is 0.0588. The molecule has 0 saturated heterocycles. The van der Waals surface area contributed by atoms with Crippen LogP contribution in [0.25, 0.3) is 6.08 Å². The van der Waals surface area contributed by atoms with Crippen LogP contribution in [0.1, 0.15) is 12.5 Å². The zero-order valence-corrected chi connectivity index (χ0v) is 13.2. The molecule has 118 valence electrons. The van der Waals surface area contributed by atoms with E-state index >= 15 is 0 Å². The van der Waals surface area contributed by atoms with Crippen LogP contribution >= 0.6 is 11.6 Å². The Morgan fingerprint density at radius 1 is 1.00 bits per heavy atom. The van der Waals surface area contributed by atoms with Gasteiger partial charge in [-0.2, -0.15) is 0 Å². The van der Waals surface area contributed by atoms with Crippen LogP contribution in [-0.4, -0.2) is 11.9 Å². The molecular formula is C17H16ClN3O2. The van der Waals surface area contributed by atoms with E-state index in [4.69, 9.17) is 11.6 Å². The van der Waals surface area contributed by atoms with E-state index in [-0.39, 0.29) is 5.91 Å². The van der Waals surface area contributed by atoms with Crippen LogP contribution < -0.4 is 16.0 Å². The number of urea groups is 1. The summed E-state index contributed by atoms with van der Waals surface area (Å²) in [6, 6.07) is 13.8. The zero-order valence-electron chi connectivity index (χ0n) is 12.5. The number of carbonyl (C=O) groups excluding carboxylic acids is 2. The van der Waals surface area contributed by atoms with Gasteiger partial charge in [0.05, 0.1) is 0 Å². The number of hydrogen-bond donors (Lipinski definition) is 3. The molecule has 0 spiro atoms. The molecule has 3 N–H and O–H groups in total. The van der Waals surface area contributed by atoms with E-state index < -0.39 is 6.03 Å². The van der Waals surface area contributed by atoms with Crippen LogP contribution in [-0.2, 0) is 4.79 Å². The third kappa shape index (κ3) is 5.48. The molecule has 5 nitrogen and oxygen atoms in total. The van der Waals surface area contributed by atoms with Crippen molar-refractivity contribution in [3.05, 3.63) is 65.3 Å². The van der Waals surface area contributed by atoms with Gasteiger partial charge in [-0.05, 0) is 35.9 Å². The molecule has 0 bridgehead atoms. The lowest BCUT2D eigenvalue weighted by Gasteiger charge is -2.07. The first-order valence-corrected chi connectivity index (χ1v) is 7.28. The summed E-state index contributed by atoms with van der Waals surface area (Å²) < 4.78 is 0. The van der Waals surface area contributed by atoms with E-state index in [9.17, 15) is 9.59 Å². The molecule has 0 saturated carbocycles. The molecule has 0 aliphatic heterocycles. The van der Waals surface area contributed by atoms with Crippen molar-refractivity contribution in [2.45, 2.75) is 6.92 Å². The Bertz CT molecular complexity index is 744. The average Bonchev–Trinajstić information content (AvgIpc) is 2.49. The Morgan fingerprint density at radius 3 is 2.39 bits per heavy atom. The second-order valence-electron chi connectivity index (χ2n) is 4.72. The Labute approximate surface area is 139 Å². The van der Waals surface area contributed by atoms with Crippen LogP contribution in [0.3, 0.4) is 0 Å². The molecule has 0 aromatic heterocycles. The van der Waals surface area contributed by atoms with Crippen molar-refractivity contribution in [2.24, 2.45) is 0 Å². The van der Waals surface area contributed by atoms with Gasteiger partial charge >= 0.3 is 6.03 Å². The van der Waals surface area contributed by atoms with Crippen molar-refractivity contribution in [3.63, 3.8) is 0 Å². The average molecular weight is 330 g/mol. The number of amides is 3. The maximum Gasteiger partial charge on any atom is 0.323 e. The monoisotopic (exact) mass is 329 g/mol. The Balaban J connectivity index is 1.92. The third-order valence-corrected chi connectivity index (χ3v) is 3.17. The second-order valence-corrected chi connectivity index (χ2v) is 5.12. The van der Waals surface area contributed by atoms with Gasteiger partial charge in [0.25, 0.3) is 0 Å². The summed E-state index contributed by atoms with van der Waals surface area (Å²) in [5.41, 5.74) is 1.99. The Morgan fingerprint density at radius 2 is 1.70 bits per heavy atom. The van der Waals surface area contributed by atoms with E-state index in [0.717, 1.165) is 5.56 Å². The minimum Gasteiger partial charge on any atom is -0.326 e. The van der Waals surface area contributed by atoms with Gasteiger partial charge in [-0.15, -0.1) is 0 Å². The molecule has 0 atom stereocenters. The molecular weight excluding hydrogens is 314 g/mol. The summed E-state index contributed by atoms with van der Waals surface area (Å²) in [6.07, 6.45) is 3.21. The second kappa shape index (κ2) is 8.00. The number of hydrogen-bond acceptors (Lipinski definition) is 2. The van der Waals surface area contributed by atoms with E-state index in [1.54, 1.807) is 36.4 Å². The molecule has 0 radical (unpaired) electrons. The molecule has 0 unspecified atom stereocenters. The largest absolute Gasteiger partial charge is 0.326 e. The minimum atomic E-state index is -0.395. The number of halogens is 1. The van der Waals surface area contributed by atoms with Crippen molar-refractivity contribution < 1.29 is 9.59 Å². The van der Waals surface area contributed by atoms with Gasteiger partial charge in [-0.1, -0.05) is 35.9 Å². The van der Waals surface area contributed by atoms with Gasteiger partial charge in [-0.25, -0.2) is 4.79 Å². The molecule has 3 amide bonds. The first-order chi connectivity index (χ1) is 11.0. The van der Waals surface area contributed by atoms with Gasteiger partial charge in [0, 0.05) is 29.5 Å². The fourth-order valence-electron chi connectivity index (χ4n) is 1.86. The van der Waals surface area contributed by atoms with Crippen LogP contribution in [0, 0.1) is 0 Å². The number of carbonyl (C=O) groups is 2. The van der Waals surface area contributed by atoms with Gasteiger partial charge in [0.2, 0.25) is 5.91 Å². The van der Waals surface area contributed by atoms with Crippen LogP contribution in [0.15, 0.2) is 54.7 Å². The minimum absolute atomic E-state index is 0.172. The smallest absolute Gasteiger partial charge is 0.323 e. The van der Waals surface area contributed by atoms with Gasteiger partial charge in [-0.3, -0.25) is 4.79 Å². The Hall–Kier alpha value is -2.79. The van der Waals surface area contributed by atoms with E-state index in [1.807, 2.05) is 18.2 Å². The molecule has 2 rings (SSSR count). The van der Waals surface area contributed by atoms with Crippen molar-refractivity contribution in [1.29, 1.82) is 0 Å². The predicted octanol–water partition coefficient (Wildman–Crippen LogP) is 4.09. The van der Waals surface area contributed by atoms with Crippen LogP contribution in [0.4, 0.5) is 16.2 Å². The highest BCUT2D eigenvalue weighted by Crippen LogP contribution is 2.16. The highest BCUT2D eigenvalue weighted by molar-refractivity contribution is 6.32. The summed E-state index contributed by atoms with van der Waals surface area (Å²) in [7, 11) is 0. The maximum atomic E-state index is 11.8. The fourth-order valence-corrected chi connectivity index (χ4v) is 2.06. The summed E-state index contributed by atoms with van der Waals surface area (Å²) in [6.45, 7) is 1.42. The van der Waals surface area contributed by atoms with Crippen molar-refractivity contribution in [2.75, 3.05) is 10.6 Å². The van der Waals surface area contributed by atoms with E-state index in [2.05, 4.69) is 16.0 Å². The zero-order chi connectivity index (χ0) is 16.7. The molecule has 0 heterocycles. The summed E-state index contributed by atoms with van der Waals surface area (Å²) in [5.74, 6) is -0.172. The van der Waals surface area contributed by atoms with Gasteiger partial charge < -0.3 is 16.0 Å². The predicted molar refractivity (Wildman–Crippen MR) is 93.4 cm³/mol. The topological polar surface area (TPSA) is 70.2 Å². The summed E-state index contributed by atoms with van der Waals surface area (Å²) in [5, 5.41) is 8.52. The molecule has 0 aliphatic carbocycles. The quantitative estimate of drug-likeness (QED) is 0.790. The van der Waals surface area contributed by atoms with E-state index in [1.165, 1.54) is 13.1 Å². The molecule has 2 aromatic rings. The lowest BCUT2D eigenvalue weighted by Crippen LogP contribution is -2.23. The molecule has 23 heavy (non-hydrogen) atoms. The number of benzene rings is 2. The van der Waals surface area contributed by atoms with Crippen LogP contribution in [0.2, 0.25) is 5.02 Å². The molecule has 0 fully saturated rings. The lowest BCUT2D eigenvalue weighted by molar-refractivity contribution is -0.114. The van der Waals surface area contributed by atoms with Gasteiger partial charge in [0.1, 0.15) is 0 Å². The summed E-state index contributed by atoms with van der Waals surface area (Å²) in [4.78, 5) is 22.8. The number of rotatable bonds is 4. The molecule has 0 aliphatic rings. The highest BCUT2D eigenvalue weighted by atomic mass is 35.5. The first-order valence-electron chi connectivity index (χ1n) is 6.91. The number of anilines is 2. The van der Waals surface area contributed by atoms with Crippen molar-refractivity contribution >= 4 is 41.0 Å². The highest BCUT2D eigenvalue weighted by Gasteiger charge is 2.01. The molecule has 2 aromatic carbocycles. The van der Waals surface area contributed by atoms with Crippen molar-refractivity contribution in [1.82, 2.24) is 5.32 Å². The number of nitrogens with one attached hydrogen (secondary N) is 3.